The van der Waals surface area contributed by atoms with Crippen molar-refractivity contribution in [2.45, 2.75) is 45.1 Å². The number of aryl methyl sites for hydroxylation is 1. The van der Waals surface area contributed by atoms with Crippen LogP contribution in [0.1, 0.15) is 58.4 Å². The first-order valence-corrected chi connectivity index (χ1v) is 11.3. The van der Waals surface area contributed by atoms with E-state index in [0.29, 0.717) is 17.3 Å². The van der Waals surface area contributed by atoms with Gasteiger partial charge in [-0.25, -0.2) is 4.79 Å². The smallest absolute Gasteiger partial charge is 0.337 e. The summed E-state index contributed by atoms with van der Waals surface area (Å²) >= 11 is 0. The minimum atomic E-state index is -1.04. The highest BCUT2D eigenvalue weighted by Crippen LogP contribution is 2.28. The fourth-order valence-electron chi connectivity index (χ4n) is 4.77. The van der Waals surface area contributed by atoms with E-state index in [1.165, 1.54) is 32.4 Å². The summed E-state index contributed by atoms with van der Waals surface area (Å²) in [7, 11) is 0. The van der Waals surface area contributed by atoms with Crippen molar-refractivity contribution >= 4 is 23.3 Å². The van der Waals surface area contributed by atoms with Gasteiger partial charge in [-0.05, 0) is 76.0 Å². The lowest BCUT2D eigenvalue weighted by Gasteiger charge is -2.41. The fourth-order valence-corrected chi connectivity index (χ4v) is 4.77. The zero-order chi connectivity index (χ0) is 21.8. The van der Waals surface area contributed by atoms with Crippen LogP contribution in [0, 0.1) is 6.92 Å². The molecule has 0 radical (unpaired) electrons. The number of carboxylic acids is 1. The summed E-state index contributed by atoms with van der Waals surface area (Å²) in [6, 6.07) is 13.2. The van der Waals surface area contributed by atoms with Gasteiger partial charge in [0.05, 0.1) is 11.3 Å². The second kappa shape index (κ2) is 9.52. The highest BCUT2D eigenvalue weighted by molar-refractivity contribution is 6.08. The number of carbonyl (C=O) groups excluding carboxylic acids is 1. The van der Waals surface area contributed by atoms with Crippen LogP contribution in [0.2, 0.25) is 0 Å². The van der Waals surface area contributed by atoms with Gasteiger partial charge in [0.1, 0.15) is 0 Å². The number of aromatic carboxylic acids is 1. The first-order valence-electron chi connectivity index (χ1n) is 11.3. The number of nitrogens with one attached hydrogen (secondary N) is 1. The molecule has 2 saturated heterocycles. The number of likely N-dealkylation sites (tertiary alicyclic amines) is 1. The largest absolute Gasteiger partial charge is 0.478 e. The Bertz CT molecular complexity index is 945. The number of carbonyl (C=O) groups is 2. The van der Waals surface area contributed by atoms with E-state index in [-0.39, 0.29) is 11.5 Å². The third kappa shape index (κ3) is 5.07. The lowest BCUT2D eigenvalue weighted by atomic mass is 9.99. The quantitative estimate of drug-likeness (QED) is 0.749. The van der Waals surface area contributed by atoms with Crippen molar-refractivity contribution in [1.29, 1.82) is 0 Å². The van der Waals surface area contributed by atoms with Crippen LogP contribution in [-0.4, -0.2) is 54.1 Å². The van der Waals surface area contributed by atoms with Gasteiger partial charge in [-0.15, -0.1) is 0 Å². The molecule has 6 heteroatoms. The minimum Gasteiger partial charge on any atom is -0.478 e. The molecule has 0 aliphatic carbocycles. The molecule has 2 aromatic rings. The molecule has 2 N–H and O–H groups in total. The van der Waals surface area contributed by atoms with Crippen molar-refractivity contribution < 1.29 is 14.7 Å². The zero-order valence-electron chi connectivity index (χ0n) is 18.1. The number of nitrogens with zero attached hydrogens (tertiary/aromatic N) is 2. The average molecular weight is 422 g/mol. The predicted octanol–water partition coefficient (Wildman–Crippen LogP) is 4.40. The summed E-state index contributed by atoms with van der Waals surface area (Å²) in [5.74, 6) is -1.34. The Morgan fingerprint density at radius 1 is 0.968 bits per heavy atom. The molecule has 0 atom stereocenters. The Hall–Kier alpha value is -2.86. The molecule has 2 heterocycles. The lowest BCUT2D eigenvalue weighted by molar-refractivity contribution is 0.0698. The molecule has 0 bridgehead atoms. The second-order valence-electron chi connectivity index (χ2n) is 8.67. The predicted molar refractivity (Wildman–Crippen MR) is 123 cm³/mol. The SMILES string of the molecule is Cc1cccc(C(=O)Nc2ccc(N3CCC(N4CCCCC4)CC3)cc2C(=O)O)c1. The van der Waals surface area contributed by atoms with Gasteiger partial charge in [-0.3, -0.25) is 4.79 Å². The maximum absolute atomic E-state index is 12.6. The van der Waals surface area contributed by atoms with E-state index >= 15 is 0 Å². The molecule has 6 nitrogen and oxygen atoms in total. The van der Waals surface area contributed by atoms with Crippen molar-refractivity contribution in [3.8, 4) is 0 Å². The van der Waals surface area contributed by atoms with Gasteiger partial charge < -0.3 is 20.2 Å². The number of hydrogen-bond donors (Lipinski definition) is 2. The van der Waals surface area contributed by atoms with Crippen LogP contribution >= 0.6 is 0 Å². The van der Waals surface area contributed by atoms with Gasteiger partial charge in [0.25, 0.3) is 5.91 Å². The van der Waals surface area contributed by atoms with Crippen molar-refractivity contribution in [3.63, 3.8) is 0 Å². The van der Waals surface area contributed by atoms with Crippen molar-refractivity contribution in [2.75, 3.05) is 36.4 Å². The maximum Gasteiger partial charge on any atom is 0.337 e. The molecule has 4 rings (SSSR count). The van der Waals surface area contributed by atoms with Crippen LogP contribution < -0.4 is 10.2 Å². The molecule has 164 valence electrons. The number of amides is 1. The third-order valence-electron chi connectivity index (χ3n) is 6.50. The Morgan fingerprint density at radius 3 is 2.39 bits per heavy atom. The Morgan fingerprint density at radius 2 is 1.71 bits per heavy atom. The molecule has 2 fully saturated rings. The van der Waals surface area contributed by atoms with Gasteiger partial charge >= 0.3 is 5.97 Å². The van der Waals surface area contributed by atoms with Crippen LogP contribution in [0.3, 0.4) is 0 Å². The number of rotatable bonds is 5. The van der Waals surface area contributed by atoms with Gasteiger partial charge in [0, 0.05) is 30.4 Å². The maximum atomic E-state index is 12.6. The van der Waals surface area contributed by atoms with Crippen molar-refractivity contribution in [1.82, 2.24) is 4.90 Å². The molecule has 2 aliphatic heterocycles. The van der Waals surface area contributed by atoms with Crippen molar-refractivity contribution in [2.24, 2.45) is 0 Å². The van der Waals surface area contributed by atoms with Crippen molar-refractivity contribution in [3.05, 3.63) is 59.2 Å². The van der Waals surface area contributed by atoms with E-state index in [1.807, 2.05) is 25.1 Å². The van der Waals surface area contributed by atoms with Gasteiger partial charge in [-0.2, -0.15) is 0 Å². The number of anilines is 2. The van der Waals surface area contributed by atoms with Crippen LogP contribution in [0.25, 0.3) is 0 Å². The minimum absolute atomic E-state index is 0.122. The Labute approximate surface area is 183 Å². The number of piperidine rings is 2. The molecule has 1 amide bonds. The lowest BCUT2D eigenvalue weighted by Crippen LogP contribution is -2.46. The zero-order valence-corrected chi connectivity index (χ0v) is 18.1. The van der Waals surface area contributed by atoms with E-state index in [4.69, 9.17) is 0 Å². The molecule has 0 aromatic heterocycles. The molecule has 31 heavy (non-hydrogen) atoms. The normalized spacial score (nSPS) is 18.0. The first kappa shape index (κ1) is 21.4. The number of hydrogen-bond acceptors (Lipinski definition) is 4. The van der Waals surface area contributed by atoms with Crippen LogP contribution in [0.4, 0.5) is 11.4 Å². The van der Waals surface area contributed by atoms with E-state index < -0.39 is 5.97 Å². The summed E-state index contributed by atoms with van der Waals surface area (Å²) in [5, 5.41) is 12.5. The van der Waals surface area contributed by atoms with Crippen LogP contribution in [0.5, 0.6) is 0 Å². The van der Waals surface area contributed by atoms with Gasteiger partial charge in [-0.1, -0.05) is 24.1 Å². The fraction of sp³-hybridized carbons (Fsp3) is 0.440. The summed E-state index contributed by atoms with van der Waals surface area (Å²) < 4.78 is 0. The highest BCUT2D eigenvalue weighted by Gasteiger charge is 2.26. The summed E-state index contributed by atoms with van der Waals surface area (Å²) in [4.78, 5) is 29.4. The molecular weight excluding hydrogens is 390 g/mol. The number of carboxylic acid groups (broad SMARTS) is 1. The Balaban J connectivity index is 1.45. The van der Waals surface area contributed by atoms with Gasteiger partial charge in [0.15, 0.2) is 0 Å². The highest BCUT2D eigenvalue weighted by atomic mass is 16.4. The topological polar surface area (TPSA) is 72.9 Å². The molecule has 0 spiro atoms. The molecular formula is C25H31N3O3. The summed E-state index contributed by atoms with van der Waals surface area (Å²) in [6.45, 7) is 6.19. The average Bonchev–Trinajstić information content (AvgIpc) is 2.80. The van der Waals surface area contributed by atoms with Crippen LogP contribution in [-0.2, 0) is 0 Å². The third-order valence-corrected chi connectivity index (χ3v) is 6.50. The van der Waals surface area contributed by atoms with E-state index in [9.17, 15) is 14.7 Å². The standard InChI is InChI=1S/C25H31N3O3/c1-18-6-5-7-19(16-18)24(29)26-23-9-8-21(17-22(23)25(30)31)28-14-10-20(11-15-28)27-12-3-2-4-13-27/h5-9,16-17,20H,2-4,10-15H2,1H3,(H,26,29)(H,30,31). The van der Waals surface area contributed by atoms with E-state index in [0.717, 1.165) is 37.2 Å². The van der Waals surface area contributed by atoms with E-state index in [1.54, 1.807) is 24.3 Å². The molecule has 2 aromatic carbocycles. The van der Waals surface area contributed by atoms with Gasteiger partial charge in [0.2, 0.25) is 0 Å². The second-order valence-corrected chi connectivity index (χ2v) is 8.67. The summed E-state index contributed by atoms with van der Waals surface area (Å²) in [5.41, 5.74) is 2.85. The van der Waals surface area contributed by atoms with E-state index in [2.05, 4.69) is 15.1 Å². The monoisotopic (exact) mass is 421 g/mol. The number of benzene rings is 2. The molecule has 0 unspecified atom stereocenters. The Kier molecular flexibility index (Phi) is 6.56. The molecule has 2 aliphatic rings. The molecule has 0 saturated carbocycles. The summed E-state index contributed by atoms with van der Waals surface area (Å²) in [6.07, 6.45) is 6.17. The van der Waals surface area contributed by atoms with Crippen LogP contribution in [0.15, 0.2) is 42.5 Å². The first-order chi connectivity index (χ1) is 15.0.